The predicted molar refractivity (Wildman–Crippen MR) is 84.2 cm³/mol. The van der Waals surface area contributed by atoms with Crippen molar-refractivity contribution < 1.29 is 4.79 Å². The Bertz CT molecular complexity index is 780. The molecule has 8 heteroatoms. The van der Waals surface area contributed by atoms with Gasteiger partial charge < -0.3 is 5.32 Å². The highest BCUT2D eigenvalue weighted by Gasteiger charge is 2.06. The second kappa shape index (κ2) is 6.69. The van der Waals surface area contributed by atoms with E-state index in [2.05, 4.69) is 36.5 Å². The number of carbonyl (C=O) groups excluding carboxylic acids is 1. The molecule has 0 aliphatic rings. The third-order valence-corrected chi connectivity index (χ3v) is 3.63. The second-order valence-corrected chi connectivity index (χ2v) is 5.73. The predicted octanol–water partition coefficient (Wildman–Crippen LogP) is 1.44. The molecule has 3 aromatic heterocycles. The molecule has 22 heavy (non-hydrogen) atoms. The van der Waals surface area contributed by atoms with E-state index in [1.54, 1.807) is 10.9 Å². The highest BCUT2D eigenvalue weighted by Crippen LogP contribution is 2.06. The molecule has 3 rings (SSSR count). The monoisotopic (exact) mass is 362 g/mol. The molecule has 3 heterocycles. The Balaban J connectivity index is 1.45. The first-order chi connectivity index (χ1) is 10.7. The molecule has 0 radical (unpaired) electrons. The quantitative estimate of drug-likeness (QED) is 0.719. The van der Waals surface area contributed by atoms with E-state index in [1.807, 2.05) is 35.0 Å². The van der Waals surface area contributed by atoms with Crippen molar-refractivity contribution in [1.82, 2.24) is 29.7 Å². The van der Waals surface area contributed by atoms with Gasteiger partial charge in [-0.2, -0.15) is 5.10 Å². The number of hydrogen-bond donors (Lipinski definition) is 1. The number of nitrogens with one attached hydrogen (secondary N) is 1. The van der Waals surface area contributed by atoms with Crippen LogP contribution in [0.5, 0.6) is 0 Å². The lowest BCUT2D eigenvalue weighted by Gasteiger charge is -2.05. The van der Waals surface area contributed by atoms with Crippen molar-refractivity contribution in [2.45, 2.75) is 19.4 Å². The number of halogens is 1. The molecule has 7 nitrogen and oxygen atoms in total. The first-order valence-electron chi connectivity index (χ1n) is 6.96. The standard InChI is InChI=1S/C14H15BrN6O/c15-11-9-17-20(10-11)8-5-14(22)16-6-4-13-19-18-12-3-1-2-7-21(12)13/h1-3,7,9-10H,4-6,8H2,(H,16,22). The fourth-order valence-electron chi connectivity index (χ4n) is 2.14. The van der Waals surface area contributed by atoms with Crippen molar-refractivity contribution >= 4 is 27.5 Å². The maximum atomic E-state index is 11.8. The van der Waals surface area contributed by atoms with E-state index in [0.29, 0.717) is 25.9 Å². The molecule has 1 N–H and O–H groups in total. The molecule has 0 saturated heterocycles. The zero-order valence-electron chi connectivity index (χ0n) is 11.8. The summed E-state index contributed by atoms with van der Waals surface area (Å²) in [5.41, 5.74) is 0.813. The molecule has 0 saturated carbocycles. The van der Waals surface area contributed by atoms with Crippen molar-refractivity contribution in [2.75, 3.05) is 6.54 Å². The van der Waals surface area contributed by atoms with Crippen LogP contribution in [0, 0.1) is 0 Å². The van der Waals surface area contributed by atoms with Crippen LogP contribution < -0.4 is 5.32 Å². The molecule has 3 aromatic rings. The average molecular weight is 363 g/mol. The summed E-state index contributed by atoms with van der Waals surface area (Å²) in [6.07, 6.45) is 6.50. The number of rotatable bonds is 6. The van der Waals surface area contributed by atoms with Gasteiger partial charge >= 0.3 is 0 Å². The van der Waals surface area contributed by atoms with Crippen molar-refractivity contribution in [1.29, 1.82) is 0 Å². The van der Waals surface area contributed by atoms with E-state index in [1.165, 1.54) is 0 Å². The van der Waals surface area contributed by atoms with Gasteiger partial charge in [-0.1, -0.05) is 6.07 Å². The molecule has 0 aliphatic carbocycles. The summed E-state index contributed by atoms with van der Waals surface area (Å²) >= 11 is 3.32. The summed E-state index contributed by atoms with van der Waals surface area (Å²) in [7, 11) is 0. The minimum atomic E-state index is 0.000410. The third kappa shape index (κ3) is 3.51. The molecule has 0 atom stereocenters. The molecule has 114 valence electrons. The summed E-state index contributed by atoms with van der Waals surface area (Å²) in [5, 5.41) is 15.2. The summed E-state index contributed by atoms with van der Waals surface area (Å²) in [6, 6.07) is 5.75. The Hall–Kier alpha value is -2.22. The lowest BCUT2D eigenvalue weighted by atomic mass is 10.3. The summed E-state index contributed by atoms with van der Waals surface area (Å²) in [4.78, 5) is 11.8. The minimum absolute atomic E-state index is 0.000410. The van der Waals surface area contributed by atoms with E-state index >= 15 is 0 Å². The van der Waals surface area contributed by atoms with Crippen LogP contribution in [-0.4, -0.2) is 36.8 Å². The molecule has 0 bridgehead atoms. The van der Waals surface area contributed by atoms with Crippen LogP contribution in [0.2, 0.25) is 0 Å². The van der Waals surface area contributed by atoms with Crippen LogP contribution in [0.25, 0.3) is 5.65 Å². The number of nitrogens with zero attached hydrogens (tertiary/aromatic N) is 5. The Labute approximate surface area is 135 Å². The number of hydrogen-bond acceptors (Lipinski definition) is 4. The van der Waals surface area contributed by atoms with Crippen LogP contribution in [0.15, 0.2) is 41.3 Å². The van der Waals surface area contributed by atoms with Crippen molar-refractivity contribution in [3.8, 4) is 0 Å². The van der Waals surface area contributed by atoms with Gasteiger partial charge in [-0.25, -0.2) is 0 Å². The van der Waals surface area contributed by atoms with Gasteiger partial charge in [0.2, 0.25) is 5.91 Å². The van der Waals surface area contributed by atoms with Crippen molar-refractivity contribution in [3.63, 3.8) is 0 Å². The second-order valence-electron chi connectivity index (χ2n) is 4.82. The summed E-state index contributed by atoms with van der Waals surface area (Å²) < 4.78 is 4.56. The third-order valence-electron chi connectivity index (χ3n) is 3.22. The zero-order valence-corrected chi connectivity index (χ0v) is 13.4. The van der Waals surface area contributed by atoms with Gasteiger partial charge in [-0.3, -0.25) is 13.9 Å². The number of amides is 1. The lowest BCUT2D eigenvalue weighted by Crippen LogP contribution is -2.27. The smallest absolute Gasteiger partial charge is 0.221 e. The Kier molecular flexibility index (Phi) is 4.47. The van der Waals surface area contributed by atoms with Crippen LogP contribution in [0.1, 0.15) is 12.2 Å². The van der Waals surface area contributed by atoms with Crippen molar-refractivity contribution in [3.05, 3.63) is 47.1 Å². The summed E-state index contributed by atoms with van der Waals surface area (Å²) in [5.74, 6) is 0.840. The molecule has 0 unspecified atom stereocenters. The van der Waals surface area contributed by atoms with E-state index in [9.17, 15) is 4.79 Å². The summed E-state index contributed by atoms with van der Waals surface area (Å²) in [6.45, 7) is 1.10. The van der Waals surface area contributed by atoms with E-state index in [-0.39, 0.29) is 5.91 Å². The number of pyridine rings is 1. The fraction of sp³-hybridized carbons (Fsp3) is 0.286. The van der Waals surface area contributed by atoms with Gasteiger partial charge in [0.25, 0.3) is 0 Å². The van der Waals surface area contributed by atoms with Gasteiger partial charge in [-0.15, -0.1) is 10.2 Å². The highest BCUT2D eigenvalue weighted by atomic mass is 79.9. The molecule has 0 aromatic carbocycles. The van der Waals surface area contributed by atoms with Gasteiger partial charge in [0.15, 0.2) is 5.65 Å². The van der Waals surface area contributed by atoms with Crippen LogP contribution >= 0.6 is 15.9 Å². The van der Waals surface area contributed by atoms with E-state index in [0.717, 1.165) is 15.9 Å². The van der Waals surface area contributed by atoms with Gasteiger partial charge in [-0.05, 0) is 28.1 Å². The number of aryl methyl sites for hydroxylation is 1. The first kappa shape index (κ1) is 14.7. The molecule has 1 amide bonds. The van der Waals surface area contributed by atoms with Crippen LogP contribution in [0.3, 0.4) is 0 Å². The van der Waals surface area contributed by atoms with Crippen LogP contribution in [-0.2, 0) is 17.8 Å². The Morgan fingerprint density at radius 3 is 3.05 bits per heavy atom. The normalized spacial score (nSPS) is 11.0. The molecular formula is C14H15BrN6O. The van der Waals surface area contributed by atoms with Crippen molar-refractivity contribution in [2.24, 2.45) is 0 Å². The SMILES string of the molecule is O=C(CCn1cc(Br)cn1)NCCc1nnc2ccccn12. The van der Waals surface area contributed by atoms with E-state index in [4.69, 9.17) is 0 Å². The van der Waals surface area contributed by atoms with Gasteiger partial charge in [0, 0.05) is 38.3 Å². The zero-order chi connectivity index (χ0) is 15.4. The van der Waals surface area contributed by atoms with Crippen LogP contribution in [0.4, 0.5) is 0 Å². The first-order valence-corrected chi connectivity index (χ1v) is 7.75. The van der Waals surface area contributed by atoms with E-state index < -0.39 is 0 Å². The van der Waals surface area contributed by atoms with Gasteiger partial charge in [0.05, 0.1) is 10.7 Å². The minimum Gasteiger partial charge on any atom is -0.356 e. The lowest BCUT2D eigenvalue weighted by molar-refractivity contribution is -0.121. The maximum absolute atomic E-state index is 11.8. The molecular weight excluding hydrogens is 348 g/mol. The highest BCUT2D eigenvalue weighted by molar-refractivity contribution is 9.10. The average Bonchev–Trinajstić information content (AvgIpc) is 3.12. The fourth-order valence-corrected chi connectivity index (χ4v) is 2.47. The maximum Gasteiger partial charge on any atom is 0.221 e. The number of aromatic nitrogens is 5. The molecule has 0 fully saturated rings. The van der Waals surface area contributed by atoms with Gasteiger partial charge in [0.1, 0.15) is 5.82 Å². The largest absolute Gasteiger partial charge is 0.356 e. The molecule has 0 spiro atoms. The number of carbonyl (C=O) groups is 1. The Morgan fingerprint density at radius 2 is 2.23 bits per heavy atom. The topological polar surface area (TPSA) is 77.1 Å². The Morgan fingerprint density at radius 1 is 1.32 bits per heavy atom. The number of fused-ring (bicyclic) bond motifs is 1. The molecule has 0 aliphatic heterocycles.